The van der Waals surface area contributed by atoms with Crippen LogP contribution in [0.2, 0.25) is 0 Å². The molecule has 1 aromatic heterocycles. The summed E-state index contributed by atoms with van der Waals surface area (Å²) in [6.45, 7) is 2.33. The number of rotatable bonds is 7. The lowest BCUT2D eigenvalue weighted by atomic mass is 10.2. The Morgan fingerprint density at radius 1 is 1.28 bits per heavy atom. The van der Waals surface area contributed by atoms with Gasteiger partial charge in [-0.25, -0.2) is 4.98 Å². The summed E-state index contributed by atoms with van der Waals surface area (Å²) < 4.78 is 10.7. The van der Waals surface area contributed by atoms with Crippen molar-refractivity contribution in [1.29, 1.82) is 5.26 Å². The van der Waals surface area contributed by atoms with Gasteiger partial charge >= 0.3 is 0 Å². The molecular weight excluding hydrogens is 386 g/mol. The number of para-hydroxylation sites is 2. The highest BCUT2D eigenvalue weighted by Crippen LogP contribution is 2.28. The van der Waals surface area contributed by atoms with Gasteiger partial charge in [0.25, 0.3) is 5.91 Å². The third kappa shape index (κ3) is 5.00. The number of anilines is 1. The fourth-order valence-electron chi connectivity index (χ4n) is 2.58. The number of aromatic nitrogens is 1. The molecule has 146 valence electrons. The van der Waals surface area contributed by atoms with Crippen LogP contribution in [-0.2, 0) is 4.79 Å². The van der Waals surface area contributed by atoms with Gasteiger partial charge in [0.2, 0.25) is 0 Å². The largest absolute Gasteiger partial charge is 0.497 e. The topological polar surface area (TPSA) is 84.2 Å². The Morgan fingerprint density at radius 3 is 2.86 bits per heavy atom. The molecular formula is C22H19N3O3S. The maximum Gasteiger partial charge on any atom is 0.266 e. The number of methoxy groups -OCH3 is 1. The second-order valence-corrected chi connectivity index (χ2v) is 6.72. The van der Waals surface area contributed by atoms with Gasteiger partial charge in [0.05, 0.1) is 25.1 Å². The number of amides is 1. The number of ether oxygens (including phenoxy) is 2. The minimum Gasteiger partial charge on any atom is -0.497 e. The molecule has 29 heavy (non-hydrogen) atoms. The van der Waals surface area contributed by atoms with Crippen molar-refractivity contribution in [2.75, 3.05) is 19.0 Å². The summed E-state index contributed by atoms with van der Waals surface area (Å²) >= 11 is 1.43. The summed E-state index contributed by atoms with van der Waals surface area (Å²) in [7, 11) is 1.61. The van der Waals surface area contributed by atoms with Crippen LogP contribution in [0.25, 0.3) is 16.6 Å². The lowest BCUT2D eigenvalue weighted by molar-refractivity contribution is -0.112. The van der Waals surface area contributed by atoms with Gasteiger partial charge in [-0.05, 0) is 37.3 Å². The number of benzene rings is 2. The van der Waals surface area contributed by atoms with Crippen molar-refractivity contribution in [1.82, 2.24) is 4.98 Å². The molecule has 1 N–H and O–H groups in total. The summed E-state index contributed by atoms with van der Waals surface area (Å²) in [5.41, 5.74) is 1.91. The highest BCUT2D eigenvalue weighted by Gasteiger charge is 2.13. The fraction of sp³-hybridized carbons (Fsp3) is 0.136. The maximum absolute atomic E-state index is 12.6. The van der Waals surface area contributed by atoms with E-state index in [9.17, 15) is 10.1 Å². The van der Waals surface area contributed by atoms with Crippen molar-refractivity contribution < 1.29 is 14.3 Å². The number of nitriles is 1. The van der Waals surface area contributed by atoms with Crippen molar-refractivity contribution in [3.63, 3.8) is 0 Å². The Labute approximate surface area is 173 Å². The van der Waals surface area contributed by atoms with E-state index in [4.69, 9.17) is 9.47 Å². The quantitative estimate of drug-likeness (QED) is 0.452. The van der Waals surface area contributed by atoms with E-state index in [1.165, 1.54) is 17.4 Å². The minimum absolute atomic E-state index is 0.0428. The zero-order chi connectivity index (χ0) is 20.6. The number of nitrogens with one attached hydrogen (secondary N) is 1. The van der Waals surface area contributed by atoms with Gasteiger partial charge in [-0.2, -0.15) is 5.26 Å². The first-order chi connectivity index (χ1) is 14.1. The van der Waals surface area contributed by atoms with Crippen LogP contribution in [0.5, 0.6) is 11.5 Å². The van der Waals surface area contributed by atoms with E-state index in [0.29, 0.717) is 23.7 Å². The SMILES string of the molecule is CCOc1ccccc1NC(=O)/C(C#N)=C/c1csc(-c2cccc(OC)c2)n1. The minimum atomic E-state index is -0.518. The molecule has 0 spiro atoms. The van der Waals surface area contributed by atoms with E-state index in [1.54, 1.807) is 30.7 Å². The average molecular weight is 405 g/mol. The number of thiazole rings is 1. The van der Waals surface area contributed by atoms with E-state index in [1.807, 2.05) is 43.3 Å². The molecule has 2 aromatic carbocycles. The molecule has 0 unspecified atom stereocenters. The highest BCUT2D eigenvalue weighted by molar-refractivity contribution is 7.13. The van der Waals surface area contributed by atoms with Gasteiger partial charge in [-0.3, -0.25) is 4.79 Å². The fourth-order valence-corrected chi connectivity index (χ4v) is 3.35. The molecule has 1 heterocycles. The predicted octanol–water partition coefficient (Wildman–Crippen LogP) is 4.76. The summed E-state index contributed by atoms with van der Waals surface area (Å²) in [5.74, 6) is 0.769. The summed E-state index contributed by atoms with van der Waals surface area (Å²) in [5, 5.41) is 14.7. The number of nitrogens with zero attached hydrogens (tertiary/aromatic N) is 2. The van der Waals surface area contributed by atoms with Crippen LogP contribution in [0.3, 0.4) is 0 Å². The molecule has 0 radical (unpaired) electrons. The lowest BCUT2D eigenvalue weighted by Gasteiger charge is -2.10. The Kier molecular flexibility index (Phi) is 6.61. The average Bonchev–Trinajstić information content (AvgIpc) is 3.22. The molecule has 0 fully saturated rings. The van der Waals surface area contributed by atoms with Crippen molar-refractivity contribution in [2.45, 2.75) is 6.92 Å². The molecule has 3 aromatic rings. The molecule has 0 aliphatic rings. The van der Waals surface area contributed by atoms with Crippen molar-refractivity contribution in [2.24, 2.45) is 0 Å². The van der Waals surface area contributed by atoms with Gasteiger partial charge in [0, 0.05) is 10.9 Å². The molecule has 0 saturated carbocycles. The Morgan fingerprint density at radius 2 is 2.10 bits per heavy atom. The predicted molar refractivity (Wildman–Crippen MR) is 114 cm³/mol. The molecule has 0 aliphatic carbocycles. The third-order valence-electron chi connectivity index (χ3n) is 3.93. The van der Waals surface area contributed by atoms with Crippen LogP contribution in [0.4, 0.5) is 5.69 Å². The lowest BCUT2D eigenvalue weighted by Crippen LogP contribution is -2.14. The second-order valence-electron chi connectivity index (χ2n) is 5.86. The molecule has 3 rings (SSSR count). The van der Waals surface area contributed by atoms with Gasteiger partial charge < -0.3 is 14.8 Å². The monoisotopic (exact) mass is 405 g/mol. The zero-order valence-electron chi connectivity index (χ0n) is 16.0. The Bertz CT molecular complexity index is 1080. The van der Waals surface area contributed by atoms with Gasteiger partial charge in [0.1, 0.15) is 28.1 Å². The standard InChI is InChI=1S/C22H19N3O3S/c1-3-28-20-10-5-4-9-19(20)25-21(26)16(13-23)11-17-14-29-22(24-17)15-7-6-8-18(12-15)27-2/h4-12,14H,3H2,1-2H3,(H,25,26)/b16-11+. The van der Waals surface area contributed by atoms with Crippen LogP contribution >= 0.6 is 11.3 Å². The molecule has 0 atom stereocenters. The maximum atomic E-state index is 12.6. The Hall–Kier alpha value is -3.63. The number of carbonyl (C=O) groups is 1. The van der Waals surface area contributed by atoms with E-state index < -0.39 is 5.91 Å². The van der Waals surface area contributed by atoms with E-state index >= 15 is 0 Å². The summed E-state index contributed by atoms with van der Waals surface area (Å²) in [6.07, 6.45) is 1.47. The van der Waals surface area contributed by atoms with Crippen molar-refractivity contribution in [3.8, 4) is 28.1 Å². The van der Waals surface area contributed by atoms with Gasteiger partial charge in [0.15, 0.2) is 0 Å². The zero-order valence-corrected chi connectivity index (χ0v) is 16.8. The molecule has 0 aliphatic heterocycles. The molecule has 6 nitrogen and oxygen atoms in total. The summed E-state index contributed by atoms with van der Waals surface area (Å²) in [4.78, 5) is 17.1. The number of carbonyl (C=O) groups excluding carboxylic acids is 1. The van der Waals surface area contributed by atoms with Gasteiger partial charge in [-0.15, -0.1) is 11.3 Å². The highest BCUT2D eigenvalue weighted by atomic mass is 32.1. The van der Waals surface area contributed by atoms with Crippen molar-refractivity contribution in [3.05, 3.63) is 65.2 Å². The summed E-state index contributed by atoms with van der Waals surface area (Å²) in [6, 6.07) is 16.6. The molecule has 7 heteroatoms. The number of hydrogen-bond acceptors (Lipinski definition) is 6. The molecule has 0 saturated heterocycles. The first kappa shape index (κ1) is 20.1. The number of hydrogen-bond donors (Lipinski definition) is 1. The normalized spacial score (nSPS) is 10.9. The first-order valence-corrected chi connectivity index (χ1v) is 9.77. The van der Waals surface area contributed by atoms with E-state index in [-0.39, 0.29) is 5.57 Å². The van der Waals surface area contributed by atoms with E-state index in [0.717, 1.165) is 16.3 Å². The second kappa shape index (κ2) is 9.53. The van der Waals surface area contributed by atoms with Crippen LogP contribution < -0.4 is 14.8 Å². The third-order valence-corrected chi connectivity index (χ3v) is 4.84. The first-order valence-electron chi connectivity index (χ1n) is 8.89. The smallest absolute Gasteiger partial charge is 0.266 e. The van der Waals surface area contributed by atoms with E-state index in [2.05, 4.69) is 10.3 Å². The Balaban J connectivity index is 1.81. The van der Waals surface area contributed by atoms with Crippen LogP contribution in [0, 0.1) is 11.3 Å². The molecule has 0 bridgehead atoms. The van der Waals surface area contributed by atoms with Crippen LogP contribution in [0.15, 0.2) is 59.5 Å². The van der Waals surface area contributed by atoms with Crippen LogP contribution in [-0.4, -0.2) is 24.6 Å². The molecule has 1 amide bonds. The van der Waals surface area contributed by atoms with Crippen molar-refractivity contribution >= 4 is 29.0 Å². The van der Waals surface area contributed by atoms with Gasteiger partial charge in [-0.1, -0.05) is 24.3 Å². The van der Waals surface area contributed by atoms with Crippen LogP contribution in [0.1, 0.15) is 12.6 Å².